The number of nitro groups is 1. The summed E-state index contributed by atoms with van der Waals surface area (Å²) < 4.78 is 5.52. The summed E-state index contributed by atoms with van der Waals surface area (Å²) in [6, 6.07) is 7.72. The number of aromatic nitrogens is 1. The first-order chi connectivity index (χ1) is 9.11. The van der Waals surface area contributed by atoms with E-state index < -0.39 is 4.92 Å². The minimum Gasteiger partial charge on any atom is -0.448 e. The molecule has 0 radical (unpaired) electrons. The maximum atomic E-state index is 11.0. The van der Waals surface area contributed by atoms with Crippen molar-refractivity contribution >= 4 is 5.69 Å². The zero-order chi connectivity index (χ0) is 13.8. The maximum absolute atomic E-state index is 11.0. The summed E-state index contributed by atoms with van der Waals surface area (Å²) in [6.07, 6.45) is 1.62. The van der Waals surface area contributed by atoms with Gasteiger partial charge in [-0.3, -0.25) is 15.1 Å². The molecule has 2 aromatic rings. The van der Waals surface area contributed by atoms with Gasteiger partial charge in [-0.05, 0) is 30.7 Å². The third kappa shape index (κ3) is 2.86. The normalized spacial score (nSPS) is 10.2. The van der Waals surface area contributed by atoms with Crippen molar-refractivity contribution in [2.24, 2.45) is 0 Å². The summed E-state index contributed by atoms with van der Waals surface area (Å²) in [5, 5.41) is 20.0. The van der Waals surface area contributed by atoms with Crippen LogP contribution in [0.5, 0.6) is 11.5 Å². The molecular formula is C13H12N2O4. The molecule has 1 heterocycles. The quantitative estimate of drug-likeness (QED) is 0.674. The molecule has 0 spiro atoms. The van der Waals surface area contributed by atoms with Crippen molar-refractivity contribution < 1.29 is 14.8 Å². The SMILES string of the molecule is Cc1ncccc1Oc1ccc(CO)cc1[N+](=O)[O-]. The van der Waals surface area contributed by atoms with Crippen LogP contribution >= 0.6 is 0 Å². The van der Waals surface area contributed by atoms with Gasteiger partial charge >= 0.3 is 5.69 Å². The smallest absolute Gasteiger partial charge is 0.311 e. The van der Waals surface area contributed by atoms with E-state index in [2.05, 4.69) is 4.98 Å². The van der Waals surface area contributed by atoms with Crippen LogP contribution in [0.2, 0.25) is 0 Å². The Balaban J connectivity index is 2.40. The van der Waals surface area contributed by atoms with Crippen molar-refractivity contribution in [1.82, 2.24) is 4.98 Å². The number of nitro benzene ring substituents is 1. The topological polar surface area (TPSA) is 85.5 Å². The monoisotopic (exact) mass is 260 g/mol. The van der Waals surface area contributed by atoms with Crippen LogP contribution in [0.25, 0.3) is 0 Å². The number of ether oxygens (including phenoxy) is 1. The Bertz CT molecular complexity index is 613. The highest BCUT2D eigenvalue weighted by atomic mass is 16.6. The Morgan fingerprint density at radius 1 is 1.37 bits per heavy atom. The average molecular weight is 260 g/mol. The van der Waals surface area contributed by atoms with Gasteiger partial charge in [-0.1, -0.05) is 6.07 Å². The largest absolute Gasteiger partial charge is 0.448 e. The average Bonchev–Trinajstić information content (AvgIpc) is 2.41. The Morgan fingerprint density at radius 3 is 2.79 bits per heavy atom. The molecule has 0 aliphatic carbocycles. The van der Waals surface area contributed by atoms with Crippen LogP contribution in [0.4, 0.5) is 5.69 Å². The Kier molecular flexibility index (Phi) is 3.72. The molecule has 0 saturated carbocycles. The summed E-state index contributed by atoms with van der Waals surface area (Å²) in [6.45, 7) is 1.50. The highest BCUT2D eigenvalue weighted by molar-refractivity contribution is 5.50. The van der Waals surface area contributed by atoms with Crippen molar-refractivity contribution in [3.05, 3.63) is 57.9 Å². The Hall–Kier alpha value is -2.47. The molecule has 1 N–H and O–H groups in total. The van der Waals surface area contributed by atoms with Crippen molar-refractivity contribution in [2.45, 2.75) is 13.5 Å². The van der Waals surface area contributed by atoms with Crippen molar-refractivity contribution in [3.63, 3.8) is 0 Å². The van der Waals surface area contributed by atoms with Crippen LogP contribution in [0.3, 0.4) is 0 Å². The molecule has 1 aromatic heterocycles. The number of nitrogens with zero attached hydrogens (tertiary/aromatic N) is 2. The van der Waals surface area contributed by atoms with E-state index >= 15 is 0 Å². The fraction of sp³-hybridized carbons (Fsp3) is 0.154. The van der Waals surface area contributed by atoms with Crippen LogP contribution in [0, 0.1) is 17.0 Å². The predicted molar refractivity (Wildman–Crippen MR) is 68.1 cm³/mol. The third-order valence-corrected chi connectivity index (χ3v) is 2.58. The van der Waals surface area contributed by atoms with E-state index in [1.807, 2.05) is 0 Å². The second kappa shape index (κ2) is 5.45. The number of hydrogen-bond donors (Lipinski definition) is 1. The highest BCUT2D eigenvalue weighted by Crippen LogP contribution is 2.32. The van der Waals surface area contributed by atoms with E-state index in [9.17, 15) is 10.1 Å². The minimum absolute atomic E-state index is 0.123. The van der Waals surface area contributed by atoms with Gasteiger partial charge in [0.1, 0.15) is 5.75 Å². The Morgan fingerprint density at radius 2 is 2.16 bits per heavy atom. The second-order valence-corrected chi connectivity index (χ2v) is 3.91. The van der Waals surface area contributed by atoms with Gasteiger partial charge < -0.3 is 9.84 Å². The molecule has 98 valence electrons. The van der Waals surface area contributed by atoms with Gasteiger partial charge in [0.25, 0.3) is 0 Å². The molecule has 0 bridgehead atoms. The van der Waals surface area contributed by atoms with E-state index in [0.717, 1.165) is 0 Å². The lowest BCUT2D eigenvalue weighted by Gasteiger charge is -2.08. The molecule has 6 heteroatoms. The first-order valence-corrected chi connectivity index (χ1v) is 5.59. The molecule has 0 aliphatic heterocycles. The van der Waals surface area contributed by atoms with E-state index in [4.69, 9.17) is 9.84 Å². The number of pyridine rings is 1. The summed E-state index contributed by atoms with van der Waals surface area (Å²) in [7, 11) is 0. The standard InChI is InChI=1S/C13H12N2O4/c1-9-12(3-2-6-14-9)19-13-5-4-10(8-16)7-11(13)15(17)18/h2-7,16H,8H2,1H3. The first kappa shape index (κ1) is 13.0. The van der Waals surface area contributed by atoms with Crippen molar-refractivity contribution in [2.75, 3.05) is 0 Å². The molecule has 6 nitrogen and oxygen atoms in total. The van der Waals surface area contributed by atoms with Crippen LogP contribution in [0.15, 0.2) is 36.5 Å². The summed E-state index contributed by atoms with van der Waals surface area (Å²) in [5.41, 5.74) is 0.916. The zero-order valence-corrected chi connectivity index (χ0v) is 10.2. The van der Waals surface area contributed by atoms with Gasteiger partial charge in [-0.25, -0.2) is 0 Å². The molecule has 0 atom stereocenters. The first-order valence-electron chi connectivity index (χ1n) is 5.59. The molecule has 0 saturated heterocycles. The fourth-order valence-electron chi connectivity index (χ4n) is 1.59. The predicted octanol–water partition coefficient (Wildman–Crippen LogP) is 2.58. The fourth-order valence-corrected chi connectivity index (χ4v) is 1.59. The highest BCUT2D eigenvalue weighted by Gasteiger charge is 2.17. The van der Waals surface area contributed by atoms with E-state index in [0.29, 0.717) is 17.0 Å². The van der Waals surface area contributed by atoms with Gasteiger partial charge in [-0.15, -0.1) is 0 Å². The van der Waals surface area contributed by atoms with Gasteiger partial charge in [0, 0.05) is 12.3 Å². The Labute approximate surface area is 109 Å². The van der Waals surface area contributed by atoms with Crippen LogP contribution in [-0.4, -0.2) is 15.0 Å². The van der Waals surface area contributed by atoms with E-state index in [-0.39, 0.29) is 18.0 Å². The lowest BCUT2D eigenvalue weighted by Crippen LogP contribution is -1.97. The summed E-state index contributed by atoms with van der Waals surface area (Å²) in [5.74, 6) is 0.584. The number of benzene rings is 1. The third-order valence-electron chi connectivity index (χ3n) is 2.58. The van der Waals surface area contributed by atoms with Crippen LogP contribution < -0.4 is 4.74 Å². The molecule has 0 unspecified atom stereocenters. The zero-order valence-electron chi connectivity index (χ0n) is 10.2. The van der Waals surface area contributed by atoms with E-state index in [1.165, 1.54) is 12.1 Å². The molecule has 19 heavy (non-hydrogen) atoms. The van der Waals surface area contributed by atoms with Crippen LogP contribution in [-0.2, 0) is 6.61 Å². The number of rotatable bonds is 4. The van der Waals surface area contributed by atoms with Crippen LogP contribution in [0.1, 0.15) is 11.3 Å². The number of hydrogen-bond acceptors (Lipinski definition) is 5. The van der Waals surface area contributed by atoms with Crippen molar-refractivity contribution in [3.8, 4) is 11.5 Å². The summed E-state index contributed by atoms with van der Waals surface area (Å²) in [4.78, 5) is 14.5. The minimum atomic E-state index is -0.541. The molecular weight excluding hydrogens is 248 g/mol. The lowest BCUT2D eigenvalue weighted by atomic mass is 10.2. The second-order valence-electron chi connectivity index (χ2n) is 3.91. The molecule has 1 aromatic carbocycles. The number of aliphatic hydroxyl groups is 1. The summed E-state index contributed by atoms with van der Waals surface area (Å²) >= 11 is 0. The molecule has 2 rings (SSSR count). The van der Waals surface area contributed by atoms with Gasteiger partial charge in [0.15, 0.2) is 0 Å². The van der Waals surface area contributed by atoms with Gasteiger partial charge in [-0.2, -0.15) is 0 Å². The van der Waals surface area contributed by atoms with Gasteiger partial charge in [0.05, 0.1) is 17.2 Å². The van der Waals surface area contributed by atoms with Gasteiger partial charge in [0.2, 0.25) is 5.75 Å². The number of aryl methyl sites for hydroxylation is 1. The van der Waals surface area contributed by atoms with E-state index in [1.54, 1.807) is 31.3 Å². The number of aliphatic hydroxyl groups excluding tert-OH is 1. The van der Waals surface area contributed by atoms with Crippen molar-refractivity contribution in [1.29, 1.82) is 0 Å². The molecule has 0 amide bonds. The molecule has 0 aliphatic rings. The molecule has 0 fully saturated rings. The lowest BCUT2D eigenvalue weighted by molar-refractivity contribution is -0.385. The maximum Gasteiger partial charge on any atom is 0.311 e.